The summed E-state index contributed by atoms with van der Waals surface area (Å²) in [6.45, 7) is 1.34. The van der Waals surface area contributed by atoms with Crippen LogP contribution in [0, 0.1) is 23.2 Å². The third kappa shape index (κ3) is 4.07. The lowest BCUT2D eigenvalue weighted by atomic mass is 9.73. The van der Waals surface area contributed by atoms with Crippen LogP contribution in [-0.2, 0) is 20.6 Å². The standard InChI is InChI=1S/C25H19F3N2O4/c1-13-19(24(33)34)20(15-7-5-14(12-29)6-8-15)21(22(31)16-9-10-16)23(32)30(13)18-4-2-3-17(11-18)25(26,27)28/h2-8,11,16,20-21H,9-10H2,1H3,(H,33,34). The molecule has 6 nitrogen and oxygen atoms in total. The number of carboxylic acids is 1. The minimum Gasteiger partial charge on any atom is -0.478 e. The highest BCUT2D eigenvalue weighted by molar-refractivity contribution is 6.15. The Balaban J connectivity index is 1.93. The summed E-state index contributed by atoms with van der Waals surface area (Å²) in [5, 5.41) is 19.2. The average Bonchev–Trinajstić information content (AvgIpc) is 3.63. The number of allylic oxidation sites excluding steroid dienone is 1. The molecular weight excluding hydrogens is 449 g/mol. The first-order valence-electron chi connectivity index (χ1n) is 10.5. The highest BCUT2D eigenvalue weighted by Crippen LogP contribution is 2.46. The van der Waals surface area contributed by atoms with Crippen LogP contribution in [0.4, 0.5) is 18.9 Å². The molecule has 1 aliphatic carbocycles. The fourth-order valence-electron chi connectivity index (χ4n) is 4.42. The maximum Gasteiger partial charge on any atom is 0.416 e. The molecule has 0 bridgehead atoms. The molecule has 9 heteroatoms. The zero-order valence-electron chi connectivity index (χ0n) is 18.0. The molecule has 0 radical (unpaired) electrons. The van der Waals surface area contributed by atoms with E-state index in [2.05, 4.69) is 0 Å². The predicted octanol–water partition coefficient (Wildman–Crippen LogP) is 4.66. The summed E-state index contributed by atoms with van der Waals surface area (Å²) in [4.78, 5) is 40.3. The Morgan fingerprint density at radius 2 is 1.76 bits per heavy atom. The Kier molecular flexibility index (Phi) is 5.77. The third-order valence-corrected chi connectivity index (χ3v) is 6.20. The van der Waals surface area contributed by atoms with E-state index < -0.39 is 47.2 Å². The van der Waals surface area contributed by atoms with Crippen LogP contribution in [0.1, 0.15) is 42.4 Å². The highest BCUT2D eigenvalue weighted by Gasteiger charge is 2.51. The van der Waals surface area contributed by atoms with E-state index in [1.807, 2.05) is 6.07 Å². The van der Waals surface area contributed by atoms with Crippen LogP contribution < -0.4 is 4.90 Å². The van der Waals surface area contributed by atoms with Gasteiger partial charge in [0.05, 0.1) is 22.8 Å². The van der Waals surface area contributed by atoms with E-state index in [1.54, 1.807) is 0 Å². The van der Waals surface area contributed by atoms with Crippen molar-refractivity contribution in [3.8, 4) is 6.07 Å². The molecule has 1 heterocycles. The van der Waals surface area contributed by atoms with E-state index in [0.29, 0.717) is 24.0 Å². The van der Waals surface area contributed by atoms with Gasteiger partial charge >= 0.3 is 12.1 Å². The Labute approximate surface area is 192 Å². The number of carbonyl (C=O) groups is 3. The van der Waals surface area contributed by atoms with E-state index in [9.17, 15) is 32.7 Å². The fraction of sp³-hybridized carbons (Fsp3) is 0.280. The molecule has 174 valence electrons. The number of hydrogen-bond donors (Lipinski definition) is 1. The van der Waals surface area contributed by atoms with Gasteiger partial charge in [0, 0.05) is 23.2 Å². The lowest BCUT2D eigenvalue weighted by Crippen LogP contribution is -2.48. The number of aliphatic carboxylic acids is 1. The lowest BCUT2D eigenvalue weighted by molar-refractivity contribution is -0.138. The van der Waals surface area contributed by atoms with Gasteiger partial charge in [-0.2, -0.15) is 18.4 Å². The SMILES string of the molecule is CC1=C(C(=O)O)C(c2ccc(C#N)cc2)C(C(=O)C2CC2)C(=O)N1c1cccc(C(F)(F)F)c1. The lowest BCUT2D eigenvalue weighted by Gasteiger charge is -2.39. The van der Waals surface area contributed by atoms with Crippen molar-refractivity contribution in [2.75, 3.05) is 4.90 Å². The second-order valence-electron chi connectivity index (χ2n) is 8.39. The molecule has 2 atom stereocenters. The van der Waals surface area contributed by atoms with Crippen molar-refractivity contribution in [1.82, 2.24) is 0 Å². The Morgan fingerprint density at radius 1 is 1.12 bits per heavy atom. The number of nitrogens with zero attached hydrogens (tertiary/aromatic N) is 2. The maximum absolute atomic E-state index is 13.7. The van der Waals surface area contributed by atoms with Gasteiger partial charge in [0.1, 0.15) is 11.7 Å². The van der Waals surface area contributed by atoms with Crippen molar-refractivity contribution in [1.29, 1.82) is 5.26 Å². The summed E-state index contributed by atoms with van der Waals surface area (Å²) in [7, 11) is 0. The molecule has 1 saturated carbocycles. The van der Waals surface area contributed by atoms with Crippen LogP contribution in [0.3, 0.4) is 0 Å². The number of nitriles is 1. The number of anilines is 1. The largest absolute Gasteiger partial charge is 0.478 e. The molecule has 0 aromatic heterocycles. The summed E-state index contributed by atoms with van der Waals surface area (Å²) in [6.07, 6.45) is -3.54. The Morgan fingerprint density at radius 3 is 2.29 bits per heavy atom. The normalized spacial score (nSPS) is 20.8. The number of amides is 1. The van der Waals surface area contributed by atoms with E-state index in [4.69, 9.17) is 5.26 Å². The van der Waals surface area contributed by atoms with Gasteiger partial charge in [-0.3, -0.25) is 14.5 Å². The number of Topliss-reactive ketones (excluding diaryl/α,β-unsaturated/α-hetero) is 1. The van der Waals surface area contributed by atoms with Gasteiger partial charge in [0.2, 0.25) is 5.91 Å². The summed E-state index contributed by atoms with van der Waals surface area (Å²) in [5.74, 6) is -5.52. The number of rotatable bonds is 5. The first kappa shape index (κ1) is 23.2. The minimum absolute atomic E-state index is 0.0639. The zero-order valence-corrected chi connectivity index (χ0v) is 18.0. The zero-order chi connectivity index (χ0) is 24.8. The van der Waals surface area contributed by atoms with Crippen molar-refractivity contribution in [2.45, 2.75) is 31.9 Å². The first-order chi connectivity index (χ1) is 16.0. The Hall–Kier alpha value is -3.93. The van der Waals surface area contributed by atoms with Crippen LogP contribution in [0.15, 0.2) is 59.8 Å². The second-order valence-corrected chi connectivity index (χ2v) is 8.39. The summed E-state index contributed by atoms with van der Waals surface area (Å²) in [6, 6.07) is 11.9. The van der Waals surface area contributed by atoms with Crippen LogP contribution in [-0.4, -0.2) is 22.8 Å². The van der Waals surface area contributed by atoms with Gasteiger partial charge in [-0.05, 0) is 55.7 Å². The van der Waals surface area contributed by atoms with Gasteiger partial charge in [-0.25, -0.2) is 4.79 Å². The van der Waals surface area contributed by atoms with E-state index in [-0.39, 0.29) is 17.0 Å². The van der Waals surface area contributed by atoms with Gasteiger partial charge in [-0.15, -0.1) is 0 Å². The third-order valence-electron chi connectivity index (χ3n) is 6.20. The maximum atomic E-state index is 13.7. The molecule has 2 aromatic rings. The molecule has 2 aliphatic rings. The number of carboxylic acid groups (broad SMARTS) is 1. The summed E-state index contributed by atoms with van der Waals surface area (Å²) in [5.41, 5.74) is -0.789. The molecule has 1 N–H and O–H groups in total. The molecule has 34 heavy (non-hydrogen) atoms. The predicted molar refractivity (Wildman–Crippen MR) is 114 cm³/mol. The average molecular weight is 468 g/mol. The highest BCUT2D eigenvalue weighted by atomic mass is 19.4. The van der Waals surface area contributed by atoms with Crippen molar-refractivity contribution in [2.24, 2.45) is 11.8 Å². The fourth-order valence-corrected chi connectivity index (χ4v) is 4.42. The van der Waals surface area contributed by atoms with Crippen LogP contribution in [0.5, 0.6) is 0 Å². The number of benzene rings is 2. The van der Waals surface area contributed by atoms with E-state index >= 15 is 0 Å². The molecule has 1 fully saturated rings. The molecule has 1 amide bonds. The molecule has 2 aromatic carbocycles. The molecule has 2 unspecified atom stereocenters. The number of carbonyl (C=O) groups excluding carboxylic acids is 2. The number of alkyl halides is 3. The monoisotopic (exact) mass is 468 g/mol. The smallest absolute Gasteiger partial charge is 0.416 e. The summed E-state index contributed by atoms with van der Waals surface area (Å²) < 4.78 is 39.9. The van der Waals surface area contributed by atoms with Gasteiger partial charge in [-0.1, -0.05) is 18.2 Å². The first-order valence-corrected chi connectivity index (χ1v) is 10.5. The Bertz CT molecular complexity index is 1250. The minimum atomic E-state index is -4.67. The van der Waals surface area contributed by atoms with Crippen molar-refractivity contribution < 1.29 is 32.7 Å². The quantitative estimate of drug-likeness (QED) is 0.644. The van der Waals surface area contributed by atoms with Crippen LogP contribution in [0.2, 0.25) is 0 Å². The van der Waals surface area contributed by atoms with Crippen molar-refractivity contribution >= 4 is 23.3 Å². The van der Waals surface area contributed by atoms with Crippen LogP contribution in [0.25, 0.3) is 0 Å². The van der Waals surface area contributed by atoms with Gasteiger partial charge in [0.15, 0.2) is 0 Å². The van der Waals surface area contributed by atoms with E-state index in [0.717, 1.165) is 23.1 Å². The van der Waals surface area contributed by atoms with Crippen molar-refractivity contribution in [3.63, 3.8) is 0 Å². The second kappa shape index (κ2) is 8.45. The number of ketones is 1. The van der Waals surface area contributed by atoms with E-state index in [1.165, 1.54) is 37.3 Å². The molecule has 0 saturated heterocycles. The molecule has 1 aliphatic heterocycles. The summed E-state index contributed by atoms with van der Waals surface area (Å²) >= 11 is 0. The molecular formula is C25H19F3N2O4. The number of halogens is 3. The van der Waals surface area contributed by atoms with Crippen molar-refractivity contribution in [3.05, 3.63) is 76.5 Å². The molecule has 4 rings (SSSR count). The number of hydrogen-bond acceptors (Lipinski definition) is 4. The van der Waals surface area contributed by atoms with Gasteiger partial charge < -0.3 is 5.11 Å². The topological polar surface area (TPSA) is 98.5 Å². The van der Waals surface area contributed by atoms with Gasteiger partial charge in [0.25, 0.3) is 0 Å². The molecule has 0 spiro atoms. The van der Waals surface area contributed by atoms with Crippen LogP contribution >= 0.6 is 0 Å².